The molecule has 1 atom stereocenters. The largest absolute Gasteiger partial charge is 0.495 e. The molecule has 1 heterocycles. The zero-order valence-corrected chi connectivity index (χ0v) is 14.6. The van der Waals surface area contributed by atoms with Crippen LogP contribution in [0.5, 0.6) is 5.75 Å². The van der Waals surface area contributed by atoms with Crippen LogP contribution in [0.2, 0.25) is 5.02 Å². The summed E-state index contributed by atoms with van der Waals surface area (Å²) in [4.78, 5) is 4.47. The van der Waals surface area contributed by atoms with E-state index in [9.17, 15) is 0 Å². The number of aromatic nitrogens is 2. The number of benzene rings is 1. The molecule has 0 saturated carbocycles. The number of ether oxygens (including phenoxy) is 1. The van der Waals surface area contributed by atoms with Crippen molar-refractivity contribution in [2.75, 3.05) is 12.4 Å². The molecule has 0 bridgehead atoms. The Kier molecular flexibility index (Phi) is 4.66. The third kappa shape index (κ3) is 3.53. The third-order valence-electron chi connectivity index (χ3n) is 3.34. The molecule has 1 aromatic heterocycles. The van der Waals surface area contributed by atoms with Crippen molar-refractivity contribution >= 4 is 17.3 Å². The van der Waals surface area contributed by atoms with Crippen LogP contribution in [0, 0.1) is 6.92 Å². The summed E-state index contributed by atoms with van der Waals surface area (Å²) >= 11 is 6.12. The maximum Gasteiger partial charge on any atom is 0.248 e. The molecule has 1 unspecified atom stereocenters. The number of anilines is 1. The molecule has 0 amide bonds. The normalized spacial score (nSPS) is 13.0. The molecule has 0 fully saturated rings. The Balaban J connectivity index is 2.23. The first-order chi connectivity index (χ1) is 10.2. The van der Waals surface area contributed by atoms with E-state index >= 15 is 0 Å². The minimum atomic E-state index is -0.143. The Morgan fingerprint density at radius 2 is 2.00 bits per heavy atom. The van der Waals surface area contributed by atoms with Gasteiger partial charge in [0.25, 0.3) is 0 Å². The van der Waals surface area contributed by atoms with Gasteiger partial charge in [0.15, 0.2) is 5.82 Å². The standard InChI is InChI=1S/C16H22ClN3O2/c1-9-7-12(13(21-6)8-11(9)17)18-10(2)14-19-15(20-22-14)16(3,4)5/h7-8,10,18H,1-6H3. The fourth-order valence-electron chi connectivity index (χ4n) is 1.96. The van der Waals surface area contributed by atoms with Crippen molar-refractivity contribution in [1.82, 2.24) is 10.1 Å². The van der Waals surface area contributed by atoms with Crippen LogP contribution < -0.4 is 10.1 Å². The van der Waals surface area contributed by atoms with Crippen LogP contribution >= 0.6 is 11.6 Å². The molecule has 1 aromatic carbocycles. The highest BCUT2D eigenvalue weighted by Gasteiger charge is 2.23. The average molecular weight is 324 g/mol. The summed E-state index contributed by atoms with van der Waals surface area (Å²) in [5.74, 6) is 1.91. The van der Waals surface area contributed by atoms with Gasteiger partial charge in [0.2, 0.25) is 5.89 Å². The predicted octanol–water partition coefficient (Wildman–Crippen LogP) is 4.51. The second-order valence-electron chi connectivity index (χ2n) is 6.37. The van der Waals surface area contributed by atoms with E-state index in [1.165, 1.54) is 0 Å². The van der Waals surface area contributed by atoms with Gasteiger partial charge in [0.1, 0.15) is 11.8 Å². The average Bonchev–Trinajstić information content (AvgIpc) is 2.92. The summed E-state index contributed by atoms with van der Waals surface area (Å²) in [5.41, 5.74) is 1.67. The molecule has 120 valence electrons. The smallest absolute Gasteiger partial charge is 0.248 e. The van der Waals surface area contributed by atoms with Gasteiger partial charge in [-0.25, -0.2) is 0 Å². The lowest BCUT2D eigenvalue weighted by Gasteiger charge is -2.16. The molecule has 0 spiro atoms. The zero-order chi connectivity index (χ0) is 16.5. The fourth-order valence-corrected chi connectivity index (χ4v) is 2.11. The zero-order valence-electron chi connectivity index (χ0n) is 13.8. The third-order valence-corrected chi connectivity index (χ3v) is 3.74. The lowest BCUT2D eigenvalue weighted by Crippen LogP contribution is -2.14. The van der Waals surface area contributed by atoms with Gasteiger partial charge < -0.3 is 14.6 Å². The summed E-state index contributed by atoms with van der Waals surface area (Å²) in [5, 5.41) is 8.05. The molecule has 22 heavy (non-hydrogen) atoms. The number of nitrogens with one attached hydrogen (secondary N) is 1. The fraction of sp³-hybridized carbons (Fsp3) is 0.500. The first-order valence-corrected chi connectivity index (χ1v) is 7.55. The van der Waals surface area contributed by atoms with Gasteiger partial charge in [-0.05, 0) is 25.5 Å². The van der Waals surface area contributed by atoms with Crippen LogP contribution in [0.25, 0.3) is 0 Å². The minimum absolute atomic E-state index is 0.141. The van der Waals surface area contributed by atoms with Gasteiger partial charge >= 0.3 is 0 Å². The van der Waals surface area contributed by atoms with Gasteiger partial charge in [0.05, 0.1) is 12.8 Å². The van der Waals surface area contributed by atoms with Crippen LogP contribution in [-0.2, 0) is 5.41 Å². The van der Waals surface area contributed by atoms with Crippen LogP contribution in [-0.4, -0.2) is 17.3 Å². The highest BCUT2D eigenvalue weighted by atomic mass is 35.5. The maximum atomic E-state index is 6.12. The Hall–Kier alpha value is -1.75. The van der Waals surface area contributed by atoms with E-state index in [4.69, 9.17) is 20.9 Å². The summed E-state index contributed by atoms with van der Waals surface area (Å²) in [6.45, 7) is 10.0. The van der Waals surface area contributed by atoms with Crippen LogP contribution in [0.1, 0.15) is 51.0 Å². The molecule has 0 radical (unpaired) electrons. The molecular weight excluding hydrogens is 302 g/mol. The van der Waals surface area contributed by atoms with Gasteiger partial charge in [-0.15, -0.1) is 0 Å². The van der Waals surface area contributed by atoms with Crippen LogP contribution in [0.3, 0.4) is 0 Å². The Bertz CT molecular complexity index is 662. The molecule has 0 aliphatic heterocycles. The Labute approximate surface area is 136 Å². The number of methoxy groups -OCH3 is 1. The van der Waals surface area contributed by atoms with Crippen molar-refractivity contribution < 1.29 is 9.26 Å². The molecule has 1 N–H and O–H groups in total. The molecule has 0 aliphatic rings. The number of rotatable bonds is 4. The number of halogens is 1. The van der Waals surface area contributed by atoms with E-state index in [0.717, 1.165) is 11.3 Å². The lowest BCUT2D eigenvalue weighted by atomic mass is 9.96. The second-order valence-corrected chi connectivity index (χ2v) is 6.78. The number of hydrogen-bond acceptors (Lipinski definition) is 5. The summed E-state index contributed by atoms with van der Waals surface area (Å²) in [7, 11) is 1.61. The Morgan fingerprint density at radius 1 is 1.32 bits per heavy atom. The first-order valence-electron chi connectivity index (χ1n) is 7.17. The molecule has 2 rings (SSSR count). The van der Waals surface area contributed by atoms with Crippen molar-refractivity contribution in [3.8, 4) is 5.75 Å². The summed E-state index contributed by atoms with van der Waals surface area (Å²) < 4.78 is 10.7. The van der Waals surface area contributed by atoms with Gasteiger partial charge in [-0.3, -0.25) is 0 Å². The van der Waals surface area contributed by atoms with E-state index < -0.39 is 0 Å². The van der Waals surface area contributed by atoms with E-state index in [2.05, 4.69) is 15.5 Å². The summed E-state index contributed by atoms with van der Waals surface area (Å²) in [6, 6.07) is 3.59. The molecule has 2 aromatic rings. The van der Waals surface area contributed by atoms with Crippen LogP contribution in [0.4, 0.5) is 5.69 Å². The highest BCUT2D eigenvalue weighted by Crippen LogP contribution is 2.33. The van der Waals surface area contributed by atoms with E-state index in [1.807, 2.05) is 40.7 Å². The van der Waals surface area contributed by atoms with E-state index in [0.29, 0.717) is 22.5 Å². The molecule has 5 nitrogen and oxygen atoms in total. The van der Waals surface area contributed by atoms with Crippen molar-refractivity contribution in [3.63, 3.8) is 0 Å². The number of aryl methyl sites for hydroxylation is 1. The summed E-state index contributed by atoms with van der Waals surface area (Å²) in [6.07, 6.45) is 0. The predicted molar refractivity (Wildman–Crippen MR) is 87.8 cm³/mol. The van der Waals surface area contributed by atoms with Crippen molar-refractivity contribution in [1.29, 1.82) is 0 Å². The monoisotopic (exact) mass is 323 g/mol. The van der Waals surface area contributed by atoms with E-state index in [1.54, 1.807) is 13.2 Å². The maximum absolute atomic E-state index is 6.12. The van der Waals surface area contributed by atoms with Crippen LogP contribution in [0.15, 0.2) is 16.7 Å². The Morgan fingerprint density at radius 3 is 2.55 bits per heavy atom. The van der Waals surface area contributed by atoms with Crippen molar-refractivity contribution in [2.24, 2.45) is 0 Å². The quantitative estimate of drug-likeness (QED) is 0.897. The molecule has 0 saturated heterocycles. The van der Waals surface area contributed by atoms with Gasteiger partial charge in [0, 0.05) is 16.5 Å². The SMILES string of the molecule is COc1cc(Cl)c(C)cc1NC(C)c1nc(C(C)(C)C)no1. The molecule has 6 heteroatoms. The van der Waals surface area contributed by atoms with Crippen molar-refractivity contribution in [3.05, 3.63) is 34.4 Å². The lowest BCUT2D eigenvalue weighted by molar-refractivity contribution is 0.353. The first kappa shape index (κ1) is 16.6. The minimum Gasteiger partial charge on any atom is -0.495 e. The van der Waals surface area contributed by atoms with Crippen molar-refractivity contribution in [2.45, 2.75) is 46.1 Å². The van der Waals surface area contributed by atoms with Gasteiger partial charge in [-0.1, -0.05) is 37.5 Å². The van der Waals surface area contributed by atoms with Gasteiger partial charge in [-0.2, -0.15) is 4.98 Å². The molecule has 0 aliphatic carbocycles. The molecular formula is C16H22ClN3O2. The van der Waals surface area contributed by atoms with E-state index in [-0.39, 0.29) is 11.5 Å². The highest BCUT2D eigenvalue weighted by molar-refractivity contribution is 6.31. The topological polar surface area (TPSA) is 60.2 Å². The number of nitrogens with zero attached hydrogens (tertiary/aromatic N) is 2. The number of hydrogen-bond donors (Lipinski definition) is 1. The second kappa shape index (κ2) is 6.16.